The summed E-state index contributed by atoms with van der Waals surface area (Å²) in [5.74, 6) is 0.433. The third-order valence-corrected chi connectivity index (χ3v) is 4.35. The molecule has 0 fully saturated rings. The minimum atomic E-state index is -0.201. The van der Waals surface area contributed by atoms with E-state index < -0.39 is 0 Å². The van der Waals surface area contributed by atoms with Crippen LogP contribution in [0.2, 0.25) is 0 Å². The molecular formula is C19H20N6O. The summed E-state index contributed by atoms with van der Waals surface area (Å²) in [7, 11) is 0. The van der Waals surface area contributed by atoms with Crippen molar-refractivity contribution in [2.45, 2.75) is 26.6 Å². The molecule has 0 bridgehead atoms. The van der Waals surface area contributed by atoms with Gasteiger partial charge in [0.25, 0.3) is 5.91 Å². The third kappa shape index (κ3) is 3.34. The molecule has 7 heteroatoms. The first-order valence-corrected chi connectivity index (χ1v) is 8.64. The quantitative estimate of drug-likeness (QED) is 0.749. The monoisotopic (exact) mass is 348 g/mol. The van der Waals surface area contributed by atoms with Crippen molar-refractivity contribution in [2.75, 3.05) is 6.54 Å². The average molecular weight is 348 g/mol. The Bertz CT molecular complexity index is 911. The van der Waals surface area contributed by atoms with E-state index in [0.29, 0.717) is 23.6 Å². The van der Waals surface area contributed by atoms with Gasteiger partial charge in [-0.1, -0.05) is 30.3 Å². The Morgan fingerprint density at radius 3 is 2.96 bits per heavy atom. The van der Waals surface area contributed by atoms with E-state index in [-0.39, 0.29) is 5.91 Å². The van der Waals surface area contributed by atoms with Crippen LogP contribution in [-0.4, -0.2) is 32.2 Å². The predicted octanol–water partition coefficient (Wildman–Crippen LogP) is 1.68. The molecule has 1 aromatic carbocycles. The zero-order valence-electron chi connectivity index (χ0n) is 14.6. The number of carbonyl (C=O) groups excluding carboxylic acids is 1. The topological polar surface area (TPSA) is 84.7 Å². The fourth-order valence-corrected chi connectivity index (χ4v) is 3.06. The van der Waals surface area contributed by atoms with Gasteiger partial charge in [-0.15, -0.1) is 0 Å². The number of nitrogens with zero attached hydrogens (tertiary/aromatic N) is 4. The Morgan fingerprint density at radius 2 is 2.15 bits per heavy atom. The van der Waals surface area contributed by atoms with Crippen LogP contribution >= 0.6 is 0 Å². The van der Waals surface area contributed by atoms with Crippen molar-refractivity contribution in [2.24, 2.45) is 0 Å². The third-order valence-electron chi connectivity index (χ3n) is 4.35. The van der Waals surface area contributed by atoms with Crippen molar-refractivity contribution in [3.8, 4) is 11.3 Å². The molecule has 1 aliphatic heterocycles. The maximum atomic E-state index is 12.7. The van der Waals surface area contributed by atoms with Crippen LogP contribution in [0.3, 0.4) is 0 Å². The van der Waals surface area contributed by atoms with Gasteiger partial charge in [-0.25, -0.2) is 9.97 Å². The molecule has 0 atom stereocenters. The molecule has 3 heterocycles. The Hall–Kier alpha value is -3.06. The lowest BCUT2D eigenvalue weighted by molar-refractivity contribution is 0.0950. The molecule has 0 saturated carbocycles. The molecule has 3 aromatic rings. The van der Waals surface area contributed by atoms with Crippen LogP contribution in [0.4, 0.5) is 0 Å². The van der Waals surface area contributed by atoms with Crippen LogP contribution in [0.1, 0.15) is 27.6 Å². The number of hydrogen-bond donors (Lipinski definition) is 2. The maximum Gasteiger partial charge on any atom is 0.255 e. The van der Waals surface area contributed by atoms with Crippen LogP contribution in [-0.2, 0) is 19.6 Å². The molecule has 0 unspecified atom stereocenters. The molecule has 1 amide bonds. The molecule has 7 nitrogen and oxygen atoms in total. The summed E-state index contributed by atoms with van der Waals surface area (Å²) >= 11 is 0. The Kier molecular flexibility index (Phi) is 4.45. The number of hydrogen-bond acceptors (Lipinski definition) is 5. The summed E-state index contributed by atoms with van der Waals surface area (Å²) in [5, 5.41) is 10.8. The highest BCUT2D eigenvalue weighted by Gasteiger charge is 2.17. The minimum Gasteiger partial charge on any atom is -0.346 e. The second kappa shape index (κ2) is 7.05. The Balaban J connectivity index is 1.54. The van der Waals surface area contributed by atoms with Gasteiger partial charge in [0, 0.05) is 24.8 Å². The van der Waals surface area contributed by atoms with Gasteiger partial charge in [-0.2, -0.15) is 5.10 Å². The van der Waals surface area contributed by atoms with Crippen LogP contribution < -0.4 is 10.6 Å². The van der Waals surface area contributed by atoms with Crippen molar-refractivity contribution >= 4 is 5.91 Å². The van der Waals surface area contributed by atoms with Crippen molar-refractivity contribution in [1.82, 2.24) is 30.4 Å². The summed E-state index contributed by atoms with van der Waals surface area (Å²) in [4.78, 5) is 21.4. The van der Waals surface area contributed by atoms with E-state index in [1.54, 1.807) is 6.20 Å². The number of rotatable bonds is 4. The van der Waals surface area contributed by atoms with E-state index in [2.05, 4.69) is 25.7 Å². The largest absolute Gasteiger partial charge is 0.346 e. The first kappa shape index (κ1) is 16.4. The van der Waals surface area contributed by atoms with Gasteiger partial charge < -0.3 is 10.6 Å². The number of aromatic nitrogens is 4. The normalized spacial score (nSPS) is 13.3. The summed E-state index contributed by atoms with van der Waals surface area (Å²) in [5.41, 5.74) is 4.00. The average Bonchev–Trinajstić information content (AvgIpc) is 3.10. The van der Waals surface area contributed by atoms with Gasteiger partial charge >= 0.3 is 0 Å². The van der Waals surface area contributed by atoms with Crippen LogP contribution in [0.25, 0.3) is 11.3 Å². The highest BCUT2D eigenvalue weighted by atomic mass is 16.1. The summed E-state index contributed by atoms with van der Waals surface area (Å²) in [6.07, 6.45) is 1.59. The number of carbonyl (C=O) groups is 1. The molecule has 0 radical (unpaired) electrons. The van der Waals surface area contributed by atoms with Gasteiger partial charge in [0.15, 0.2) is 0 Å². The summed E-state index contributed by atoms with van der Waals surface area (Å²) in [6.45, 7) is 4.78. The maximum absolute atomic E-state index is 12.7. The smallest absolute Gasteiger partial charge is 0.255 e. The molecule has 132 valence electrons. The van der Waals surface area contributed by atoms with E-state index in [1.165, 1.54) is 0 Å². The fourth-order valence-electron chi connectivity index (χ4n) is 3.06. The highest BCUT2D eigenvalue weighted by Crippen LogP contribution is 2.21. The second-order valence-electron chi connectivity index (χ2n) is 6.26. The fraction of sp³-hybridized carbons (Fsp3) is 0.263. The van der Waals surface area contributed by atoms with Crippen LogP contribution in [0, 0.1) is 6.92 Å². The van der Waals surface area contributed by atoms with Crippen molar-refractivity contribution in [3.05, 3.63) is 65.4 Å². The molecule has 2 N–H and O–H groups in total. The SMILES string of the molecule is Cc1ncc(C(=O)NCc2cc3n(n2)CCNC3)c(-c2ccccc2)n1. The molecule has 0 spiro atoms. The zero-order valence-corrected chi connectivity index (χ0v) is 14.6. The summed E-state index contributed by atoms with van der Waals surface area (Å²) < 4.78 is 1.99. The number of aryl methyl sites for hydroxylation is 1. The lowest BCUT2D eigenvalue weighted by atomic mass is 10.1. The second-order valence-corrected chi connectivity index (χ2v) is 6.26. The van der Waals surface area contributed by atoms with Gasteiger partial charge in [0.1, 0.15) is 5.82 Å². The lowest BCUT2D eigenvalue weighted by Gasteiger charge is -2.13. The van der Waals surface area contributed by atoms with E-state index in [9.17, 15) is 4.79 Å². The van der Waals surface area contributed by atoms with Crippen LogP contribution in [0.15, 0.2) is 42.6 Å². The predicted molar refractivity (Wildman–Crippen MR) is 97.3 cm³/mol. The van der Waals surface area contributed by atoms with Gasteiger partial charge in [0.2, 0.25) is 0 Å². The number of benzene rings is 1. The molecule has 0 aliphatic carbocycles. The first-order chi connectivity index (χ1) is 12.7. The molecule has 0 saturated heterocycles. The number of fused-ring (bicyclic) bond motifs is 1. The molecule has 1 aliphatic rings. The Labute approximate surface area is 151 Å². The molecule has 2 aromatic heterocycles. The molecule has 4 rings (SSSR count). The van der Waals surface area contributed by atoms with Crippen molar-refractivity contribution < 1.29 is 4.79 Å². The van der Waals surface area contributed by atoms with Crippen molar-refractivity contribution in [1.29, 1.82) is 0 Å². The van der Waals surface area contributed by atoms with E-state index >= 15 is 0 Å². The van der Waals surface area contributed by atoms with Gasteiger partial charge in [0.05, 0.1) is 35.7 Å². The lowest BCUT2D eigenvalue weighted by Crippen LogP contribution is -2.28. The highest BCUT2D eigenvalue weighted by molar-refractivity contribution is 5.99. The minimum absolute atomic E-state index is 0.201. The van der Waals surface area contributed by atoms with Crippen LogP contribution in [0.5, 0.6) is 0 Å². The van der Waals surface area contributed by atoms with Crippen molar-refractivity contribution in [3.63, 3.8) is 0 Å². The van der Waals surface area contributed by atoms with Gasteiger partial charge in [-0.05, 0) is 13.0 Å². The molecule has 26 heavy (non-hydrogen) atoms. The Morgan fingerprint density at radius 1 is 1.31 bits per heavy atom. The number of nitrogens with one attached hydrogen (secondary N) is 2. The zero-order chi connectivity index (χ0) is 17.9. The van der Waals surface area contributed by atoms with E-state index in [1.807, 2.05) is 48.0 Å². The standard InChI is InChI=1S/C19H20N6O/c1-13-21-12-17(18(23-13)14-5-3-2-4-6-14)19(26)22-10-15-9-16-11-20-7-8-25(16)24-15/h2-6,9,12,20H,7-8,10-11H2,1H3,(H,22,26). The molecular weight excluding hydrogens is 328 g/mol. The number of amides is 1. The van der Waals surface area contributed by atoms with Gasteiger partial charge in [-0.3, -0.25) is 9.48 Å². The van der Waals surface area contributed by atoms with E-state index in [0.717, 1.165) is 36.6 Å². The van der Waals surface area contributed by atoms with E-state index in [4.69, 9.17) is 0 Å². The summed E-state index contributed by atoms with van der Waals surface area (Å²) in [6, 6.07) is 11.7. The first-order valence-electron chi connectivity index (χ1n) is 8.64.